The third kappa shape index (κ3) is 4.58. The molecule has 6 heteroatoms. The Morgan fingerprint density at radius 3 is 2.88 bits per heavy atom. The summed E-state index contributed by atoms with van der Waals surface area (Å²) in [5.41, 5.74) is 0.207. The van der Waals surface area contributed by atoms with Gasteiger partial charge in [-0.05, 0) is 51.4 Å². The maximum atomic E-state index is 11.2. The summed E-state index contributed by atoms with van der Waals surface area (Å²) in [5, 5.41) is 12.7. The fourth-order valence-electron chi connectivity index (χ4n) is 3.38. The number of likely N-dealkylation sites (tertiary alicyclic amines) is 1. The number of aryl methyl sites for hydroxylation is 1. The number of nitrogens with zero attached hydrogens (tertiary/aromatic N) is 2. The standard InChI is InChI=1S/C20H27ClN2O2S/c1-3-23-12-6-10-20(24,11-13-23)19-22-15(2)18(26-19)9-14-25-17-8-5-4-7-16(17)21/h4-5,7-8,24H,3,6,9-14H2,1-2H3/t20-/m1/s1. The number of rotatable bonds is 6. The number of aromatic nitrogens is 1. The Hall–Kier alpha value is -1.14. The van der Waals surface area contributed by atoms with E-state index < -0.39 is 5.60 Å². The van der Waals surface area contributed by atoms with E-state index in [0.717, 1.165) is 56.0 Å². The molecule has 26 heavy (non-hydrogen) atoms. The molecule has 3 rings (SSSR count). The molecule has 1 aromatic carbocycles. The second-order valence-electron chi connectivity index (χ2n) is 6.88. The zero-order valence-corrected chi connectivity index (χ0v) is 17.1. The second-order valence-corrected chi connectivity index (χ2v) is 8.37. The van der Waals surface area contributed by atoms with Crippen molar-refractivity contribution in [3.05, 3.63) is 44.9 Å². The minimum atomic E-state index is -0.790. The van der Waals surface area contributed by atoms with Crippen LogP contribution in [0.25, 0.3) is 0 Å². The van der Waals surface area contributed by atoms with Gasteiger partial charge in [-0.1, -0.05) is 30.7 Å². The van der Waals surface area contributed by atoms with Crippen molar-refractivity contribution < 1.29 is 9.84 Å². The van der Waals surface area contributed by atoms with Crippen LogP contribution < -0.4 is 4.74 Å². The lowest BCUT2D eigenvalue weighted by molar-refractivity contribution is 0.0210. The predicted octanol–water partition coefficient (Wildman–Crippen LogP) is 4.42. The summed E-state index contributed by atoms with van der Waals surface area (Å²) < 4.78 is 5.80. The van der Waals surface area contributed by atoms with Crippen LogP contribution in [0.3, 0.4) is 0 Å². The molecule has 1 saturated heterocycles. The third-order valence-corrected chi connectivity index (χ3v) is 6.79. The number of benzene rings is 1. The van der Waals surface area contributed by atoms with Crippen molar-refractivity contribution in [2.45, 2.75) is 45.1 Å². The maximum absolute atomic E-state index is 11.2. The van der Waals surface area contributed by atoms with Crippen LogP contribution in [0.4, 0.5) is 0 Å². The molecule has 1 aromatic heterocycles. The minimum Gasteiger partial charge on any atom is -0.492 e. The summed E-state index contributed by atoms with van der Waals surface area (Å²) in [4.78, 5) is 8.29. The van der Waals surface area contributed by atoms with E-state index in [1.165, 1.54) is 4.88 Å². The van der Waals surface area contributed by atoms with Crippen molar-refractivity contribution >= 4 is 22.9 Å². The molecule has 2 heterocycles. The van der Waals surface area contributed by atoms with Crippen LogP contribution in [-0.2, 0) is 12.0 Å². The molecule has 1 aliphatic rings. The van der Waals surface area contributed by atoms with Crippen LogP contribution in [0.5, 0.6) is 5.75 Å². The molecule has 1 aliphatic heterocycles. The van der Waals surface area contributed by atoms with Gasteiger partial charge in [0.15, 0.2) is 0 Å². The zero-order valence-electron chi connectivity index (χ0n) is 15.5. The Kier molecular flexibility index (Phi) is 6.56. The number of hydrogen-bond donors (Lipinski definition) is 1. The first-order valence-corrected chi connectivity index (χ1v) is 10.5. The molecule has 0 saturated carbocycles. The highest BCUT2D eigenvalue weighted by Crippen LogP contribution is 2.36. The number of aliphatic hydroxyl groups is 1. The SMILES string of the molecule is CCN1CCC[C@](O)(c2nc(C)c(CCOc3ccccc3Cl)s2)CC1. The quantitative estimate of drug-likeness (QED) is 0.787. The molecule has 0 amide bonds. The van der Waals surface area contributed by atoms with Gasteiger partial charge in [0.25, 0.3) is 0 Å². The molecule has 0 unspecified atom stereocenters. The molecule has 0 aliphatic carbocycles. The van der Waals surface area contributed by atoms with Crippen LogP contribution in [0.2, 0.25) is 5.02 Å². The van der Waals surface area contributed by atoms with E-state index >= 15 is 0 Å². The van der Waals surface area contributed by atoms with Crippen LogP contribution in [0.1, 0.15) is 41.8 Å². The third-order valence-electron chi connectivity index (χ3n) is 5.07. The number of hydrogen-bond acceptors (Lipinski definition) is 5. The van der Waals surface area contributed by atoms with Crippen molar-refractivity contribution in [2.24, 2.45) is 0 Å². The molecular weight excluding hydrogens is 368 g/mol. The second kappa shape index (κ2) is 8.70. The monoisotopic (exact) mass is 394 g/mol. The summed E-state index contributed by atoms with van der Waals surface area (Å²) in [5.74, 6) is 0.707. The first-order chi connectivity index (χ1) is 12.5. The highest BCUT2D eigenvalue weighted by molar-refractivity contribution is 7.11. The van der Waals surface area contributed by atoms with E-state index in [1.807, 2.05) is 31.2 Å². The van der Waals surface area contributed by atoms with Gasteiger partial charge in [0.05, 0.1) is 17.3 Å². The number of ether oxygens (including phenoxy) is 1. The first-order valence-electron chi connectivity index (χ1n) is 9.30. The molecule has 1 atom stereocenters. The zero-order chi connectivity index (χ0) is 18.6. The molecule has 142 valence electrons. The molecule has 4 nitrogen and oxygen atoms in total. The predicted molar refractivity (Wildman–Crippen MR) is 107 cm³/mol. The molecule has 0 radical (unpaired) electrons. The Morgan fingerprint density at radius 2 is 2.12 bits per heavy atom. The fraction of sp³-hybridized carbons (Fsp3) is 0.550. The van der Waals surface area contributed by atoms with Gasteiger partial charge >= 0.3 is 0 Å². The van der Waals surface area contributed by atoms with Crippen molar-refractivity contribution in [3.8, 4) is 5.75 Å². The number of para-hydroxylation sites is 1. The van der Waals surface area contributed by atoms with Gasteiger partial charge < -0.3 is 14.7 Å². The first kappa shape index (κ1) is 19.6. The van der Waals surface area contributed by atoms with E-state index in [1.54, 1.807) is 11.3 Å². The molecule has 0 spiro atoms. The summed E-state index contributed by atoms with van der Waals surface area (Å²) in [6.45, 7) is 7.77. The van der Waals surface area contributed by atoms with Gasteiger partial charge in [0.2, 0.25) is 0 Å². The molecular formula is C20H27ClN2O2S. The normalized spacial score (nSPS) is 21.5. The molecule has 2 aromatic rings. The van der Waals surface area contributed by atoms with Crippen LogP contribution >= 0.6 is 22.9 Å². The number of halogens is 1. The minimum absolute atomic E-state index is 0.550. The van der Waals surface area contributed by atoms with Crippen molar-refractivity contribution in [2.75, 3.05) is 26.2 Å². The van der Waals surface area contributed by atoms with Crippen LogP contribution in [0.15, 0.2) is 24.3 Å². The lowest BCUT2D eigenvalue weighted by atomic mass is 9.96. The highest BCUT2D eigenvalue weighted by Gasteiger charge is 2.35. The highest BCUT2D eigenvalue weighted by atomic mass is 35.5. The topological polar surface area (TPSA) is 45.6 Å². The van der Waals surface area contributed by atoms with E-state index in [9.17, 15) is 5.11 Å². The van der Waals surface area contributed by atoms with E-state index in [0.29, 0.717) is 17.4 Å². The molecule has 0 bridgehead atoms. The van der Waals surface area contributed by atoms with Gasteiger partial charge in [-0.2, -0.15) is 0 Å². The van der Waals surface area contributed by atoms with Crippen molar-refractivity contribution in [3.63, 3.8) is 0 Å². The van der Waals surface area contributed by atoms with Crippen LogP contribution in [0, 0.1) is 6.92 Å². The van der Waals surface area contributed by atoms with E-state index in [4.69, 9.17) is 21.3 Å². The Labute approximate surface area is 164 Å². The summed E-state index contributed by atoms with van der Waals surface area (Å²) in [6.07, 6.45) is 3.31. The lowest BCUT2D eigenvalue weighted by Gasteiger charge is -2.24. The Balaban J connectivity index is 1.64. The van der Waals surface area contributed by atoms with Crippen molar-refractivity contribution in [1.82, 2.24) is 9.88 Å². The van der Waals surface area contributed by atoms with E-state index in [-0.39, 0.29) is 0 Å². The van der Waals surface area contributed by atoms with E-state index in [2.05, 4.69) is 11.8 Å². The van der Waals surface area contributed by atoms with Gasteiger partial charge in [-0.25, -0.2) is 4.98 Å². The average Bonchev–Trinajstić information content (AvgIpc) is 2.89. The maximum Gasteiger partial charge on any atom is 0.137 e. The van der Waals surface area contributed by atoms with Gasteiger partial charge in [-0.3, -0.25) is 0 Å². The summed E-state index contributed by atoms with van der Waals surface area (Å²) in [6, 6.07) is 7.51. The average molecular weight is 395 g/mol. The summed E-state index contributed by atoms with van der Waals surface area (Å²) >= 11 is 7.76. The molecule has 1 N–H and O–H groups in total. The van der Waals surface area contributed by atoms with Gasteiger partial charge in [0.1, 0.15) is 16.4 Å². The fourth-order valence-corrected chi connectivity index (χ4v) is 4.76. The Morgan fingerprint density at radius 1 is 1.31 bits per heavy atom. The summed E-state index contributed by atoms with van der Waals surface area (Å²) in [7, 11) is 0. The molecule has 1 fully saturated rings. The van der Waals surface area contributed by atoms with Gasteiger partial charge in [0, 0.05) is 17.8 Å². The van der Waals surface area contributed by atoms with Gasteiger partial charge in [-0.15, -0.1) is 11.3 Å². The Bertz CT molecular complexity index is 736. The van der Waals surface area contributed by atoms with Crippen LogP contribution in [-0.4, -0.2) is 41.2 Å². The number of thiazole rings is 1. The largest absolute Gasteiger partial charge is 0.492 e. The smallest absolute Gasteiger partial charge is 0.137 e. The lowest BCUT2D eigenvalue weighted by Crippen LogP contribution is -2.29. The van der Waals surface area contributed by atoms with Crippen molar-refractivity contribution in [1.29, 1.82) is 0 Å².